The van der Waals surface area contributed by atoms with E-state index in [9.17, 15) is 4.79 Å². The van der Waals surface area contributed by atoms with Gasteiger partial charge in [-0.25, -0.2) is 0 Å². The molecule has 2 atom stereocenters. The zero-order valence-electron chi connectivity index (χ0n) is 15.2. The Morgan fingerprint density at radius 2 is 2.08 bits per heavy atom. The molecule has 1 N–H and O–H groups in total. The second-order valence-electron chi connectivity index (χ2n) is 6.17. The summed E-state index contributed by atoms with van der Waals surface area (Å²) in [5, 5.41) is 12.7. The van der Waals surface area contributed by atoms with Gasteiger partial charge in [0.05, 0.1) is 11.3 Å². The van der Waals surface area contributed by atoms with Crippen molar-refractivity contribution in [3.63, 3.8) is 0 Å². The molecule has 0 radical (unpaired) electrons. The Balaban J connectivity index is 1.94. The van der Waals surface area contributed by atoms with Crippen LogP contribution in [0.2, 0.25) is 10.0 Å². The number of halogens is 2. The SMILES string of the molecule is CCCCCn1cnnc1S[C@@H](C)C(=O)N[C@H](C)c1ccc(Cl)cc1Cl. The van der Waals surface area contributed by atoms with E-state index in [1.807, 2.05) is 24.5 Å². The lowest BCUT2D eigenvalue weighted by Crippen LogP contribution is -2.33. The molecule has 1 amide bonds. The number of amides is 1. The molecule has 0 saturated carbocycles. The van der Waals surface area contributed by atoms with Crippen LogP contribution in [-0.2, 0) is 11.3 Å². The quantitative estimate of drug-likeness (QED) is 0.456. The van der Waals surface area contributed by atoms with Crippen LogP contribution in [0.4, 0.5) is 0 Å². The summed E-state index contributed by atoms with van der Waals surface area (Å²) in [6.07, 6.45) is 5.12. The molecule has 0 aliphatic carbocycles. The van der Waals surface area contributed by atoms with Gasteiger partial charge in [0.1, 0.15) is 6.33 Å². The summed E-state index contributed by atoms with van der Waals surface area (Å²) in [6.45, 7) is 6.80. The number of aromatic nitrogens is 3. The number of thioether (sulfide) groups is 1. The first-order valence-electron chi connectivity index (χ1n) is 8.72. The molecule has 5 nitrogen and oxygen atoms in total. The van der Waals surface area contributed by atoms with Gasteiger partial charge in [0.15, 0.2) is 5.16 Å². The molecule has 2 aromatic rings. The number of hydrogen-bond acceptors (Lipinski definition) is 4. The summed E-state index contributed by atoms with van der Waals surface area (Å²) in [4.78, 5) is 12.5. The summed E-state index contributed by atoms with van der Waals surface area (Å²) < 4.78 is 2.00. The summed E-state index contributed by atoms with van der Waals surface area (Å²) in [6, 6.07) is 5.07. The average molecular weight is 415 g/mol. The van der Waals surface area contributed by atoms with Crippen molar-refractivity contribution in [1.82, 2.24) is 20.1 Å². The number of carbonyl (C=O) groups is 1. The first-order valence-corrected chi connectivity index (χ1v) is 10.4. The molecule has 0 spiro atoms. The average Bonchev–Trinajstić information content (AvgIpc) is 3.02. The highest BCUT2D eigenvalue weighted by atomic mass is 35.5. The summed E-state index contributed by atoms with van der Waals surface area (Å²) in [5.41, 5.74) is 0.837. The monoisotopic (exact) mass is 414 g/mol. The largest absolute Gasteiger partial charge is 0.349 e. The van der Waals surface area contributed by atoms with Gasteiger partial charge < -0.3 is 9.88 Å². The molecule has 142 valence electrons. The van der Waals surface area contributed by atoms with Crippen LogP contribution in [-0.4, -0.2) is 25.9 Å². The maximum Gasteiger partial charge on any atom is 0.233 e. The third-order valence-electron chi connectivity index (χ3n) is 4.02. The summed E-state index contributed by atoms with van der Waals surface area (Å²) in [7, 11) is 0. The van der Waals surface area contributed by atoms with E-state index in [0.717, 1.165) is 36.5 Å². The Hall–Kier alpha value is -1.24. The van der Waals surface area contributed by atoms with Crippen LogP contribution in [0.15, 0.2) is 29.7 Å². The molecule has 0 fully saturated rings. The summed E-state index contributed by atoms with van der Waals surface area (Å²) >= 11 is 13.6. The molecular weight excluding hydrogens is 391 g/mol. The highest BCUT2D eigenvalue weighted by Gasteiger charge is 2.21. The highest BCUT2D eigenvalue weighted by Crippen LogP contribution is 2.27. The normalized spacial score (nSPS) is 13.4. The smallest absolute Gasteiger partial charge is 0.233 e. The minimum absolute atomic E-state index is 0.0726. The lowest BCUT2D eigenvalue weighted by atomic mass is 10.1. The standard InChI is InChI=1S/C18H24Cl2N4OS/c1-4-5-6-9-24-11-21-23-18(24)26-13(3)17(25)22-12(2)15-8-7-14(19)10-16(15)20/h7-8,10-13H,4-6,9H2,1-3H3,(H,22,25)/t12-,13+/m1/s1. The zero-order valence-corrected chi connectivity index (χ0v) is 17.5. The van der Waals surface area contributed by atoms with Gasteiger partial charge in [-0.15, -0.1) is 10.2 Å². The van der Waals surface area contributed by atoms with Gasteiger partial charge in [-0.2, -0.15) is 0 Å². The van der Waals surface area contributed by atoms with Gasteiger partial charge in [0.25, 0.3) is 0 Å². The van der Waals surface area contributed by atoms with E-state index in [1.54, 1.807) is 18.5 Å². The number of rotatable bonds is 9. The van der Waals surface area contributed by atoms with Crippen molar-refractivity contribution < 1.29 is 4.79 Å². The Labute approximate surface area is 168 Å². The van der Waals surface area contributed by atoms with E-state index in [1.165, 1.54) is 11.8 Å². The fourth-order valence-electron chi connectivity index (χ4n) is 2.49. The van der Waals surface area contributed by atoms with Crippen molar-refractivity contribution in [3.8, 4) is 0 Å². The molecule has 2 rings (SSSR count). The van der Waals surface area contributed by atoms with Crippen molar-refractivity contribution in [3.05, 3.63) is 40.1 Å². The van der Waals surface area contributed by atoms with Gasteiger partial charge in [0, 0.05) is 16.6 Å². The number of nitrogens with one attached hydrogen (secondary N) is 1. The van der Waals surface area contributed by atoms with Gasteiger partial charge in [-0.1, -0.05) is 60.8 Å². The van der Waals surface area contributed by atoms with Crippen molar-refractivity contribution in [1.29, 1.82) is 0 Å². The predicted molar refractivity (Wildman–Crippen MR) is 108 cm³/mol. The third kappa shape index (κ3) is 5.89. The van der Waals surface area contributed by atoms with E-state index in [4.69, 9.17) is 23.2 Å². The van der Waals surface area contributed by atoms with Crippen molar-refractivity contribution >= 4 is 40.9 Å². The molecular formula is C18H24Cl2N4OS. The number of hydrogen-bond donors (Lipinski definition) is 1. The van der Waals surface area contributed by atoms with Gasteiger partial charge in [-0.3, -0.25) is 4.79 Å². The predicted octanol–water partition coefficient (Wildman–Crippen LogP) is 5.13. The minimum atomic E-state index is -0.294. The number of nitrogens with zero attached hydrogens (tertiary/aromatic N) is 3. The van der Waals surface area contributed by atoms with Gasteiger partial charge in [0.2, 0.25) is 5.91 Å². The van der Waals surface area contributed by atoms with Gasteiger partial charge in [-0.05, 0) is 38.0 Å². The van der Waals surface area contributed by atoms with E-state index >= 15 is 0 Å². The highest BCUT2D eigenvalue weighted by molar-refractivity contribution is 8.00. The maximum absolute atomic E-state index is 12.5. The Morgan fingerprint density at radius 3 is 2.77 bits per heavy atom. The molecule has 0 aliphatic heterocycles. The molecule has 0 saturated heterocycles. The molecule has 1 heterocycles. The van der Waals surface area contributed by atoms with Crippen LogP contribution in [0, 0.1) is 0 Å². The topological polar surface area (TPSA) is 59.8 Å². The Kier molecular flexibility index (Phi) is 8.25. The lowest BCUT2D eigenvalue weighted by Gasteiger charge is -2.18. The van der Waals surface area contributed by atoms with Crippen molar-refractivity contribution in [2.45, 2.75) is 63.0 Å². The van der Waals surface area contributed by atoms with Crippen LogP contribution in [0.1, 0.15) is 51.6 Å². The van der Waals surface area contributed by atoms with Crippen LogP contribution >= 0.6 is 35.0 Å². The van der Waals surface area contributed by atoms with Crippen LogP contribution in [0.25, 0.3) is 0 Å². The lowest BCUT2D eigenvalue weighted by molar-refractivity contribution is -0.120. The van der Waals surface area contributed by atoms with Crippen molar-refractivity contribution in [2.24, 2.45) is 0 Å². The third-order valence-corrected chi connectivity index (χ3v) is 5.68. The van der Waals surface area contributed by atoms with E-state index < -0.39 is 0 Å². The second kappa shape index (κ2) is 10.2. The first-order chi connectivity index (χ1) is 12.4. The number of benzene rings is 1. The number of carbonyl (C=O) groups excluding carboxylic acids is 1. The van der Waals surface area contributed by atoms with Crippen LogP contribution < -0.4 is 5.32 Å². The molecule has 26 heavy (non-hydrogen) atoms. The molecule has 0 unspecified atom stereocenters. The molecule has 1 aromatic heterocycles. The Bertz CT molecular complexity index is 738. The molecule has 0 aliphatic rings. The fraction of sp³-hybridized carbons (Fsp3) is 0.500. The van der Waals surface area contributed by atoms with Crippen molar-refractivity contribution in [2.75, 3.05) is 0 Å². The Morgan fingerprint density at radius 1 is 1.31 bits per heavy atom. The number of aryl methyl sites for hydroxylation is 1. The fourth-order valence-corrected chi connectivity index (χ4v) is 3.93. The van der Waals surface area contributed by atoms with E-state index in [-0.39, 0.29) is 17.2 Å². The maximum atomic E-state index is 12.5. The van der Waals surface area contributed by atoms with Gasteiger partial charge >= 0.3 is 0 Å². The second-order valence-corrected chi connectivity index (χ2v) is 8.32. The molecule has 1 aromatic carbocycles. The first kappa shape index (κ1) is 21.1. The van der Waals surface area contributed by atoms with Crippen LogP contribution in [0.3, 0.4) is 0 Å². The summed E-state index contributed by atoms with van der Waals surface area (Å²) in [5.74, 6) is -0.0726. The molecule has 0 bridgehead atoms. The van der Waals surface area contributed by atoms with E-state index in [2.05, 4.69) is 22.4 Å². The molecule has 8 heteroatoms. The number of unbranched alkanes of at least 4 members (excludes halogenated alkanes) is 2. The minimum Gasteiger partial charge on any atom is -0.349 e. The van der Waals surface area contributed by atoms with E-state index in [0.29, 0.717) is 10.0 Å². The zero-order chi connectivity index (χ0) is 19.1. The van der Waals surface area contributed by atoms with Crippen LogP contribution in [0.5, 0.6) is 0 Å².